The number of hydrogen-bond acceptors (Lipinski definition) is 3. The Labute approximate surface area is 128 Å². The van der Waals surface area contributed by atoms with E-state index < -0.39 is 0 Å². The Hall–Kier alpha value is -1.07. The number of ether oxygens (including phenoxy) is 1. The first kappa shape index (κ1) is 15.3. The van der Waals surface area contributed by atoms with Crippen LogP contribution in [0.15, 0.2) is 22.7 Å². The summed E-state index contributed by atoms with van der Waals surface area (Å²) in [6.45, 7) is 4.63. The van der Waals surface area contributed by atoms with E-state index >= 15 is 0 Å². The van der Waals surface area contributed by atoms with E-state index in [4.69, 9.17) is 4.74 Å². The van der Waals surface area contributed by atoms with E-state index in [0.29, 0.717) is 12.5 Å². The third-order valence-electron chi connectivity index (χ3n) is 3.57. The Morgan fingerprint density at radius 3 is 3.00 bits per heavy atom. The second kappa shape index (κ2) is 7.09. The zero-order valence-electron chi connectivity index (χ0n) is 12.0. The number of carbonyl (C=O) groups excluding carboxylic acids is 1. The maximum Gasteiger partial charge on any atom is 0.222 e. The van der Waals surface area contributed by atoms with Crippen molar-refractivity contribution in [1.82, 2.24) is 10.2 Å². The number of aryl methyl sites for hydroxylation is 1. The van der Waals surface area contributed by atoms with Gasteiger partial charge in [0.2, 0.25) is 5.91 Å². The van der Waals surface area contributed by atoms with Crippen LogP contribution in [0.4, 0.5) is 0 Å². The van der Waals surface area contributed by atoms with Crippen LogP contribution in [-0.2, 0) is 11.2 Å². The minimum Gasteiger partial charge on any atom is -0.496 e. The molecule has 1 atom stereocenters. The second-order valence-electron chi connectivity index (χ2n) is 5.16. The molecule has 1 amide bonds. The summed E-state index contributed by atoms with van der Waals surface area (Å²) in [6, 6.07) is 6.35. The molecular weight excluding hydrogens is 320 g/mol. The van der Waals surface area contributed by atoms with Gasteiger partial charge in [0.25, 0.3) is 0 Å². The van der Waals surface area contributed by atoms with E-state index in [1.54, 1.807) is 7.11 Å². The first-order valence-corrected chi connectivity index (χ1v) is 7.73. The van der Waals surface area contributed by atoms with Gasteiger partial charge in [-0.15, -0.1) is 0 Å². The SMILES string of the molecule is COc1ccc(CCC(=O)N2CCN[C@H](C)C2)cc1Br. The van der Waals surface area contributed by atoms with Crippen LogP contribution in [0.25, 0.3) is 0 Å². The van der Waals surface area contributed by atoms with Gasteiger partial charge < -0.3 is 15.0 Å². The third kappa shape index (κ3) is 3.96. The molecular formula is C15H21BrN2O2. The first-order valence-electron chi connectivity index (χ1n) is 6.93. The smallest absolute Gasteiger partial charge is 0.222 e. The van der Waals surface area contributed by atoms with Gasteiger partial charge in [0, 0.05) is 32.1 Å². The van der Waals surface area contributed by atoms with Crippen LogP contribution in [-0.4, -0.2) is 43.6 Å². The van der Waals surface area contributed by atoms with Crippen molar-refractivity contribution in [3.8, 4) is 5.75 Å². The van der Waals surface area contributed by atoms with Crippen molar-refractivity contribution in [2.24, 2.45) is 0 Å². The normalized spacial score (nSPS) is 18.9. The van der Waals surface area contributed by atoms with Crippen LogP contribution in [0.5, 0.6) is 5.75 Å². The van der Waals surface area contributed by atoms with Crippen molar-refractivity contribution in [2.45, 2.75) is 25.8 Å². The number of benzene rings is 1. The van der Waals surface area contributed by atoms with Crippen LogP contribution in [0, 0.1) is 0 Å². The largest absolute Gasteiger partial charge is 0.496 e. The van der Waals surface area contributed by atoms with Gasteiger partial charge in [0.15, 0.2) is 0 Å². The average Bonchev–Trinajstić information content (AvgIpc) is 2.45. The van der Waals surface area contributed by atoms with Gasteiger partial charge in [-0.25, -0.2) is 0 Å². The van der Waals surface area contributed by atoms with E-state index in [1.807, 2.05) is 23.1 Å². The molecule has 2 rings (SSSR count). The fraction of sp³-hybridized carbons (Fsp3) is 0.533. The standard InChI is InChI=1S/C15H21BrN2O2/c1-11-10-18(8-7-17-11)15(19)6-4-12-3-5-14(20-2)13(16)9-12/h3,5,9,11,17H,4,6-8,10H2,1-2H3/t11-/m1/s1. The molecule has 110 valence electrons. The van der Waals surface area contributed by atoms with E-state index in [2.05, 4.69) is 28.2 Å². The molecule has 5 heteroatoms. The Morgan fingerprint density at radius 2 is 2.35 bits per heavy atom. The molecule has 0 bridgehead atoms. The molecule has 1 heterocycles. The number of nitrogens with one attached hydrogen (secondary N) is 1. The maximum absolute atomic E-state index is 12.2. The van der Waals surface area contributed by atoms with Crippen LogP contribution >= 0.6 is 15.9 Å². The number of nitrogens with zero attached hydrogens (tertiary/aromatic N) is 1. The summed E-state index contributed by atoms with van der Waals surface area (Å²) < 4.78 is 6.13. The summed E-state index contributed by atoms with van der Waals surface area (Å²) >= 11 is 3.47. The van der Waals surface area contributed by atoms with Crippen molar-refractivity contribution in [1.29, 1.82) is 0 Å². The summed E-state index contributed by atoms with van der Waals surface area (Å²) in [7, 11) is 1.65. The van der Waals surface area contributed by atoms with Gasteiger partial charge >= 0.3 is 0 Å². The van der Waals surface area contributed by atoms with E-state index in [1.165, 1.54) is 0 Å². The molecule has 0 aliphatic carbocycles. The number of halogens is 1. The Balaban J connectivity index is 1.88. The van der Waals surface area contributed by atoms with Crippen molar-refractivity contribution in [2.75, 3.05) is 26.7 Å². The molecule has 1 aromatic carbocycles. The van der Waals surface area contributed by atoms with Crippen molar-refractivity contribution in [3.05, 3.63) is 28.2 Å². The van der Waals surface area contributed by atoms with Gasteiger partial charge in [-0.3, -0.25) is 4.79 Å². The highest BCUT2D eigenvalue weighted by Crippen LogP contribution is 2.26. The lowest BCUT2D eigenvalue weighted by Gasteiger charge is -2.32. The summed E-state index contributed by atoms with van der Waals surface area (Å²) in [5.41, 5.74) is 1.15. The third-order valence-corrected chi connectivity index (χ3v) is 4.18. The quantitative estimate of drug-likeness (QED) is 0.913. The number of rotatable bonds is 4. The molecule has 0 saturated carbocycles. The number of carbonyl (C=O) groups is 1. The monoisotopic (exact) mass is 340 g/mol. The summed E-state index contributed by atoms with van der Waals surface area (Å²) in [5.74, 6) is 1.06. The highest BCUT2D eigenvalue weighted by molar-refractivity contribution is 9.10. The Morgan fingerprint density at radius 1 is 1.55 bits per heavy atom. The summed E-state index contributed by atoms with van der Waals surface area (Å²) in [4.78, 5) is 14.1. The lowest BCUT2D eigenvalue weighted by Crippen LogP contribution is -2.51. The van der Waals surface area contributed by atoms with Crippen LogP contribution in [0.2, 0.25) is 0 Å². The maximum atomic E-state index is 12.2. The van der Waals surface area contributed by atoms with E-state index in [-0.39, 0.29) is 5.91 Å². The Bertz CT molecular complexity index is 479. The number of piperazine rings is 1. The Kier molecular flexibility index (Phi) is 5.43. The zero-order chi connectivity index (χ0) is 14.5. The minimum absolute atomic E-state index is 0.241. The number of hydrogen-bond donors (Lipinski definition) is 1. The van der Waals surface area contributed by atoms with Crippen molar-refractivity contribution in [3.63, 3.8) is 0 Å². The second-order valence-corrected chi connectivity index (χ2v) is 6.02. The summed E-state index contributed by atoms with van der Waals surface area (Å²) in [5, 5.41) is 3.35. The van der Waals surface area contributed by atoms with Gasteiger partial charge in [0.1, 0.15) is 5.75 Å². The zero-order valence-corrected chi connectivity index (χ0v) is 13.6. The molecule has 0 radical (unpaired) electrons. The van der Waals surface area contributed by atoms with Gasteiger partial charge in [-0.1, -0.05) is 6.07 Å². The van der Waals surface area contributed by atoms with Crippen molar-refractivity contribution < 1.29 is 9.53 Å². The highest BCUT2D eigenvalue weighted by atomic mass is 79.9. The molecule has 1 aliphatic heterocycles. The topological polar surface area (TPSA) is 41.6 Å². The molecule has 1 aromatic rings. The fourth-order valence-corrected chi connectivity index (χ4v) is 3.02. The molecule has 20 heavy (non-hydrogen) atoms. The molecule has 0 unspecified atom stereocenters. The fourth-order valence-electron chi connectivity index (χ4n) is 2.43. The van der Waals surface area contributed by atoms with Gasteiger partial charge in [-0.05, 0) is 47.0 Å². The molecule has 1 aliphatic rings. The molecule has 4 nitrogen and oxygen atoms in total. The molecule has 0 aromatic heterocycles. The number of amides is 1. The van der Waals surface area contributed by atoms with Crippen molar-refractivity contribution >= 4 is 21.8 Å². The lowest BCUT2D eigenvalue weighted by molar-refractivity contribution is -0.132. The predicted molar refractivity (Wildman–Crippen MR) is 83.1 cm³/mol. The number of methoxy groups -OCH3 is 1. The van der Waals surface area contributed by atoms with Crippen LogP contribution in [0.1, 0.15) is 18.9 Å². The predicted octanol–water partition coefficient (Wildman–Crippen LogP) is 2.21. The molecule has 1 saturated heterocycles. The van der Waals surface area contributed by atoms with E-state index in [9.17, 15) is 4.79 Å². The first-order chi connectivity index (χ1) is 9.60. The molecule has 1 fully saturated rings. The van der Waals surface area contributed by atoms with Crippen LogP contribution < -0.4 is 10.1 Å². The lowest BCUT2D eigenvalue weighted by atomic mass is 10.1. The minimum atomic E-state index is 0.241. The van der Waals surface area contributed by atoms with Gasteiger partial charge in [0.05, 0.1) is 11.6 Å². The highest BCUT2D eigenvalue weighted by Gasteiger charge is 2.19. The molecule has 0 spiro atoms. The van der Waals surface area contributed by atoms with Crippen LogP contribution in [0.3, 0.4) is 0 Å². The summed E-state index contributed by atoms with van der Waals surface area (Å²) in [6.07, 6.45) is 1.32. The van der Waals surface area contributed by atoms with Gasteiger partial charge in [-0.2, -0.15) is 0 Å². The average molecular weight is 341 g/mol. The van der Waals surface area contributed by atoms with E-state index in [0.717, 1.165) is 41.8 Å². The molecule has 1 N–H and O–H groups in total.